The van der Waals surface area contributed by atoms with Crippen molar-refractivity contribution in [1.82, 2.24) is 4.98 Å². The molecule has 0 aliphatic heterocycles. The molecule has 2 aromatic rings. The zero-order valence-electron chi connectivity index (χ0n) is 11.5. The van der Waals surface area contributed by atoms with Gasteiger partial charge in [-0.15, -0.1) is 0 Å². The summed E-state index contributed by atoms with van der Waals surface area (Å²) in [5.74, 6) is 1.05. The standard InChI is InChI=1S/C14H15N3O3/c1-9-4-6-12(10(2)8-9)20-14-11(17(18)19)5-7-13(15-3)16-14/h4-8H,1-3H3,(H,15,16). The van der Waals surface area contributed by atoms with Gasteiger partial charge in [0.15, 0.2) is 0 Å². The molecule has 6 nitrogen and oxygen atoms in total. The maximum atomic E-state index is 11.0. The first kappa shape index (κ1) is 13.8. The van der Waals surface area contributed by atoms with E-state index in [2.05, 4.69) is 10.3 Å². The highest BCUT2D eigenvalue weighted by atomic mass is 16.6. The predicted octanol–water partition coefficient (Wildman–Crippen LogP) is 3.44. The molecule has 0 aliphatic carbocycles. The molecule has 0 saturated carbocycles. The smallest absolute Gasteiger partial charge is 0.331 e. The van der Waals surface area contributed by atoms with Crippen LogP contribution in [0, 0.1) is 24.0 Å². The SMILES string of the molecule is CNc1ccc([N+](=O)[O-])c(Oc2ccc(C)cc2C)n1. The average molecular weight is 273 g/mol. The number of nitro groups is 1. The number of aryl methyl sites for hydroxylation is 2. The number of hydrogen-bond donors (Lipinski definition) is 1. The normalized spacial score (nSPS) is 10.2. The molecule has 1 N–H and O–H groups in total. The molecule has 0 saturated heterocycles. The van der Waals surface area contributed by atoms with Crippen LogP contribution in [0.4, 0.5) is 11.5 Å². The van der Waals surface area contributed by atoms with Gasteiger partial charge < -0.3 is 10.1 Å². The highest BCUT2D eigenvalue weighted by molar-refractivity contribution is 5.51. The molecule has 2 rings (SSSR count). The van der Waals surface area contributed by atoms with Crippen molar-refractivity contribution >= 4 is 11.5 Å². The van der Waals surface area contributed by atoms with Gasteiger partial charge in [0.1, 0.15) is 11.6 Å². The highest BCUT2D eigenvalue weighted by Gasteiger charge is 2.18. The van der Waals surface area contributed by atoms with Crippen molar-refractivity contribution in [3.05, 3.63) is 51.6 Å². The van der Waals surface area contributed by atoms with Crippen molar-refractivity contribution in [1.29, 1.82) is 0 Å². The first-order valence-corrected chi connectivity index (χ1v) is 6.09. The average Bonchev–Trinajstić information content (AvgIpc) is 2.41. The molecule has 0 unspecified atom stereocenters. The Morgan fingerprint density at radius 1 is 1.25 bits per heavy atom. The highest BCUT2D eigenvalue weighted by Crippen LogP contribution is 2.32. The number of rotatable bonds is 4. The third-order valence-electron chi connectivity index (χ3n) is 2.83. The molecule has 0 aliphatic rings. The second kappa shape index (κ2) is 5.56. The second-order valence-electron chi connectivity index (χ2n) is 4.40. The summed E-state index contributed by atoms with van der Waals surface area (Å²) in [7, 11) is 1.69. The fraction of sp³-hybridized carbons (Fsp3) is 0.214. The van der Waals surface area contributed by atoms with Gasteiger partial charge in [-0.3, -0.25) is 10.1 Å². The fourth-order valence-electron chi connectivity index (χ4n) is 1.80. The first-order valence-electron chi connectivity index (χ1n) is 6.09. The molecule has 20 heavy (non-hydrogen) atoms. The molecular formula is C14H15N3O3. The van der Waals surface area contributed by atoms with Gasteiger partial charge in [-0.25, -0.2) is 0 Å². The molecule has 1 aromatic heterocycles. The van der Waals surface area contributed by atoms with E-state index < -0.39 is 4.92 Å². The van der Waals surface area contributed by atoms with Crippen molar-refractivity contribution in [3.8, 4) is 11.6 Å². The maximum Gasteiger partial charge on any atom is 0.331 e. The van der Waals surface area contributed by atoms with E-state index >= 15 is 0 Å². The largest absolute Gasteiger partial charge is 0.433 e. The molecule has 0 amide bonds. The monoisotopic (exact) mass is 273 g/mol. The van der Waals surface area contributed by atoms with Gasteiger partial charge in [-0.05, 0) is 31.5 Å². The fourth-order valence-corrected chi connectivity index (χ4v) is 1.80. The molecule has 0 spiro atoms. The quantitative estimate of drug-likeness (QED) is 0.682. The lowest BCUT2D eigenvalue weighted by Crippen LogP contribution is -2.00. The number of hydrogen-bond acceptors (Lipinski definition) is 5. The first-order chi connectivity index (χ1) is 9.51. The van der Waals surface area contributed by atoms with Crippen LogP contribution in [0.3, 0.4) is 0 Å². The van der Waals surface area contributed by atoms with Gasteiger partial charge in [0.05, 0.1) is 4.92 Å². The van der Waals surface area contributed by atoms with Crippen LogP contribution in [0.15, 0.2) is 30.3 Å². The molecular weight excluding hydrogens is 258 g/mol. The summed E-state index contributed by atoms with van der Waals surface area (Å²) >= 11 is 0. The molecule has 104 valence electrons. The van der Waals surface area contributed by atoms with Gasteiger partial charge in [-0.1, -0.05) is 17.7 Å². The Morgan fingerprint density at radius 2 is 2.00 bits per heavy atom. The van der Waals surface area contributed by atoms with Crippen molar-refractivity contribution in [2.45, 2.75) is 13.8 Å². The Balaban J connectivity index is 2.43. The van der Waals surface area contributed by atoms with Gasteiger partial charge in [-0.2, -0.15) is 4.98 Å². The molecule has 1 heterocycles. The Labute approximate surface area is 116 Å². The van der Waals surface area contributed by atoms with Crippen LogP contribution in [-0.2, 0) is 0 Å². The van der Waals surface area contributed by atoms with Crippen molar-refractivity contribution in [3.63, 3.8) is 0 Å². The van der Waals surface area contributed by atoms with E-state index in [-0.39, 0.29) is 11.6 Å². The summed E-state index contributed by atoms with van der Waals surface area (Å²) in [4.78, 5) is 14.6. The summed E-state index contributed by atoms with van der Waals surface area (Å²) in [6, 6.07) is 8.52. The summed E-state index contributed by atoms with van der Waals surface area (Å²) in [6.45, 7) is 3.86. The second-order valence-corrected chi connectivity index (χ2v) is 4.40. The van der Waals surface area contributed by atoms with Crippen LogP contribution in [0.5, 0.6) is 11.6 Å². The van der Waals surface area contributed by atoms with E-state index in [1.807, 2.05) is 26.0 Å². The number of nitrogens with one attached hydrogen (secondary N) is 1. The minimum atomic E-state index is -0.509. The van der Waals surface area contributed by atoms with Gasteiger partial charge in [0, 0.05) is 13.1 Å². The number of aromatic nitrogens is 1. The van der Waals surface area contributed by atoms with E-state index in [4.69, 9.17) is 4.74 Å². The van der Waals surface area contributed by atoms with Crippen LogP contribution < -0.4 is 10.1 Å². The molecule has 0 atom stereocenters. The van der Waals surface area contributed by atoms with Crippen LogP contribution in [0.1, 0.15) is 11.1 Å². The Bertz CT molecular complexity index is 656. The topological polar surface area (TPSA) is 77.3 Å². The maximum absolute atomic E-state index is 11.0. The summed E-state index contributed by atoms with van der Waals surface area (Å²) in [5.41, 5.74) is 1.83. The lowest BCUT2D eigenvalue weighted by atomic mass is 10.1. The van der Waals surface area contributed by atoms with E-state index in [0.29, 0.717) is 11.6 Å². The summed E-state index contributed by atoms with van der Waals surface area (Å²) in [6.07, 6.45) is 0. The zero-order valence-corrected chi connectivity index (χ0v) is 11.5. The van der Waals surface area contributed by atoms with Crippen LogP contribution in [0.2, 0.25) is 0 Å². The number of ether oxygens (including phenoxy) is 1. The minimum absolute atomic E-state index is 0.0196. The van der Waals surface area contributed by atoms with E-state index in [9.17, 15) is 10.1 Å². The van der Waals surface area contributed by atoms with Crippen molar-refractivity contribution in [2.24, 2.45) is 0 Å². The van der Waals surface area contributed by atoms with Crippen LogP contribution in [0.25, 0.3) is 0 Å². The number of benzene rings is 1. The lowest BCUT2D eigenvalue weighted by Gasteiger charge is -2.09. The van der Waals surface area contributed by atoms with E-state index in [1.54, 1.807) is 13.1 Å². The number of anilines is 1. The summed E-state index contributed by atoms with van der Waals surface area (Å²) < 4.78 is 5.61. The molecule has 0 bridgehead atoms. The Hall–Kier alpha value is -2.63. The Morgan fingerprint density at radius 3 is 2.60 bits per heavy atom. The molecule has 0 fully saturated rings. The van der Waals surface area contributed by atoms with Crippen molar-refractivity contribution in [2.75, 3.05) is 12.4 Å². The van der Waals surface area contributed by atoms with E-state index in [1.165, 1.54) is 12.1 Å². The van der Waals surface area contributed by atoms with Crippen LogP contribution >= 0.6 is 0 Å². The number of nitrogens with zero attached hydrogens (tertiary/aromatic N) is 2. The molecule has 0 radical (unpaired) electrons. The molecule has 6 heteroatoms. The number of pyridine rings is 1. The third-order valence-corrected chi connectivity index (χ3v) is 2.83. The van der Waals surface area contributed by atoms with Crippen LogP contribution in [-0.4, -0.2) is 17.0 Å². The summed E-state index contributed by atoms with van der Waals surface area (Å²) in [5, 5.41) is 13.8. The Kier molecular flexibility index (Phi) is 3.84. The third kappa shape index (κ3) is 2.85. The minimum Gasteiger partial charge on any atom is -0.433 e. The van der Waals surface area contributed by atoms with Gasteiger partial charge in [0.2, 0.25) is 0 Å². The van der Waals surface area contributed by atoms with E-state index in [0.717, 1.165) is 11.1 Å². The van der Waals surface area contributed by atoms with Crippen molar-refractivity contribution < 1.29 is 9.66 Å². The zero-order chi connectivity index (χ0) is 14.7. The predicted molar refractivity (Wildman–Crippen MR) is 76.4 cm³/mol. The van der Waals surface area contributed by atoms with Gasteiger partial charge in [0.25, 0.3) is 0 Å². The lowest BCUT2D eigenvalue weighted by molar-refractivity contribution is -0.386. The van der Waals surface area contributed by atoms with Gasteiger partial charge >= 0.3 is 11.6 Å². The molecule has 1 aromatic carbocycles.